The molecule has 0 atom stereocenters. The molecule has 1 fully saturated rings. The van der Waals surface area contributed by atoms with Crippen LogP contribution in [-0.4, -0.2) is 33.7 Å². The number of piperidine rings is 1. The smallest absolute Gasteiger partial charge is 0.264 e. The lowest BCUT2D eigenvalue weighted by Crippen LogP contribution is -2.37. The van der Waals surface area contributed by atoms with Gasteiger partial charge in [0, 0.05) is 25.5 Å². The topological polar surface area (TPSA) is 38.1 Å². The number of rotatable bonds is 1. The van der Waals surface area contributed by atoms with Crippen LogP contribution in [0.2, 0.25) is 0 Å². The first-order chi connectivity index (χ1) is 9.06. The minimum absolute atomic E-state index is 0.188. The van der Waals surface area contributed by atoms with Crippen molar-refractivity contribution >= 4 is 27.5 Å². The highest BCUT2D eigenvalue weighted by atomic mass is 32.1. The van der Waals surface area contributed by atoms with E-state index < -0.39 is 0 Å². The van der Waals surface area contributed by atoms with Crippen LogP contribution in [-0.2, 0) is 7.05 Å². The maximum atomic E-state index is 12.5. The zero-order chi connectivity index (χ0) is 13.6. The monoisotopic (exact) mass is 277 g/mol. The van der Waals surface area contributed by atoms with Gasteiger partial charge in [0.15, 0.2) is 0 Å². The van der Waals surface area contributed by atoms with Crippen molar-refractivity contribution in [3.8, 4) is 0 Å². The summed E-state index contributed by atoms with van der Waals surface area (Å²) in [5.41, 5.74) is 1.00. The van der Waals surface area contributed by atoms with Crippen molar-refractivity contribution in [2.45, 2.75) is 26.7 Å². The number of carbonyl (C=O) groups is 1. The number of aryl methyl sites for hydroxylation is 2. The summed E-state index contributed by atoms with van der Waals surface area (Å²) in [6.45, 7) is 6.04. The summed E-state index contributed by atoms with van der Waals surface area (Å²) in [7, 11) is 1.93. The van der Waals surface area contributed by atoms with Crippen LogP contribution < -0.4 is 0 Å². The first kappa shape index (κ1) is 12.7. The molecule has 1 amide bonds. The van der Waals surface area contributed by atoms with E-state index in [-0.39, 0.29) is 5.91 Å². The third-order valence-electron chi connectivity index (χ3n) is 3.98. The van der Waals surface area contributed by atoms with Gasteiger partial charge >= 0.3 is 0 Å². The molecule has 1 aliphatic rings. The Morgan fingerprint density at radius 2 is 2.11 bits per heavy atom. The molecule has 1 saturated heterocycles. The average molecular weight is 277 g/mol. The molecule has 1 aliphatic heterocycles. The SMILES string of the molecule is Cc1nn(C)c2sc(C(=O)N3CCC(C)CC3)cc12. The number of thiophene rings is 1. The molecule has 0 aromatic carbocycles. The van der Waals surface area contributed by atoms with Gasteiger partial charge in [-0.05, 0) is 31.7 Å². The lowest BCUT2D eigenvalue weighted by Gasteiger charge is -2.29. The van der Waals surface area contributed by atoms with Crippen LogP contribution in [0.1, 0.15) is 35.1 Å². The van der Waals surface area contributed by atoms with Crippen LogP contribution >= 0.6 is 11.3 Å². The molecule has 19 heavy (non-hydrogen) atoms. The van der Waals surface area contributed by atoms with E-state index in [2.05, 4.69) is 12.0 Å². The summed E-state index contributed by atoms with van der Waals surface area (Å²) in [5, 5.41) is 5.49. The highest BCUT2D eigenvalue weighted by molar-refractivity contribution is 7.20. The Hall–Kier alpha value is -1.36. The lowest BCUT2D eigenvalue weighted by atomic mass is 9.99. The van der Waals surface area contributed by atoms with Crippen molar-refractivity contribution in [2.24, 2.45) is 13.0 Å². The van der Waals surface area contributed by atoms with E-state index in [1.54, 1.807) is 11.3 Å². The van der Waals surface area contributed by atoms with Crippen molar-refractivity contribution in [1.29, 1.82) is 0 Å². The Balaban J connectivity index is 1.87. The maximum absolute atomic E-state index is 12.5. The molecule has 0 N–H and O–H groups in total. The van der Waals surface area contributed by atoms with E-state index in [9.17, 15) is 4.79 Å². The molecule has 102 valence electrons. The number of nitrogens with zero attached hydrogens (tertiary/aromatic N) is 3. The van der Waals surface area contributed by atoms with Gasteiger partial charge in [-0.15, -0.1) is 11.3 Å². The predicted octanol–water partition coefficient (Wildman–Crippen LogP) is 2.82. The molecule has 0 radical (unpaired) electrons. The molecule has 2 aromatic rings. The largest absolute Gasteiger partial charge is 0.338 e. The zero-order valence-corrected chi connectivity index (χ0v) is 12.5. The minimum Gasteiger partial charge on any atom is -0.338 e. The summed E-state index contributed by atoms with van der Waals surface area (Å²) >= 11 is 1.56. The van der Waals surface area contributed by atoms with E-state index in [4.69, 9.17) is 0 Å². The molecule has 0 aliphatic carbocycles. The number of amides is 1. The van der Waals surface area contributed by atoms with Gasteiger partial charge < -0.3 is 4.90 Å². The molecule has 0 bridgehead atoms. The summed E-state index contributed by atoms with van der Waals surface area (Å²) < 4.78 is 1.87. The predicted molar refractivity (Wildman–Crippen MR) is 77.6 cm³/mol. The molecule has 2 aromatic heterocycles. The zero-order valence-electron chi connectivity index (χ0n) is 11.6. The molecular weight excluding hydrogens is 258 g/mol. The van der Waals surface area contributed by atoms with E-state index >= 15 is 0 Å². The minimum atomic E-state index is 0.188. The van der Waals surface area contributed by atoms with Crippen LogP contribution in [0.4, 0.5) is 0 Å². The van der Waals surface area contributed by atoms with Crippen molar-refractivity contribution in [2.75, 3.05) is 13.1 Å². The Labute approximate surface area is 117 Å². The van der Waals surface area contributed by atoms with E-state index in [1.807, 2.05) is 29.6 Å². The van der Waals surface area contributed by atoms with E-state index in [0.29, 0.717) is 0 Å². The number of fused-ring (bicyclic) bond motifs is 1. The number of likely N-dealkylation sites (tertiary alicyclic amines) is 1. The van der Waals surface area contributed by atoms with Gasteiger partial charge in [0.25, 0.3) is 5.91 Å². The molecule has 3 heterocycles. The number of aromatic nitrogens is 2. The first-order valence-electron chi connectivity index (χ1n) is 6.78. The van der Waals surface area contributed by atoms with E-state index in [0.717, 1.165) is 52.6 Å². The second-order valence-corrected chi connectivity index (χ2v) is 6.54. The lowest BCUT2D eigenvalue weighted by molar-refractivity contribution is 0.0702. The second kappa shape index (κ2) is 4.63. The summed E-state index contributed by atoms with van der Waals surface area (Å²) in [5.74, 6) is 0.936. The molecule has 5 heteroatoms. The fourth-order valence-electron chi connectivity index (χ4n) is 2.68. The number of hydrogen-bond acceptors (Lipinski definition) is 3. The van der Waals surface area contributed by atoms with Crippen LogP contribution in [0, 0.1) is 12.8 Å². The van der Waals surface area contributed by atoms with Crippen LogP contribution in [0.5, 0.6) is 0 Å². The quantitative estimate of drug-likeness (QED) is 0.804. The Morgan fingerprint density at radius 3 is 2.74 bits per heavy atom. The molecular formula is C14H19N3OS. The third-order valence-corrected chi connectivity index (χ3v) is 5.17. The molecule has 4 nitrogen and oxygen atoms in total. The highest BCUT2D eigenvalue weighted by Gasteiger charge is 2.23. The van der Waals surface area contributed by atoms with Crippen molar-refractivity contribution in [3.63, 3.8) is 0 Å². The maximum Gasteiger partial charge on any atom is 0.264 e. The highest BCUT2D eigenvalue weighted by Crippen LogP contribution is 2.29. The molecule has 3 rings (SSSR count). The van der Waals surface area contributed by atoms with Gasteiger partial charge in [-0.2, -0.15) is 5.10 Å². The van der Waals surface area contributed by atoms with Crippen LogP contribution in [0.25, 0.3) is 10.2 Å². The van der Waals surface area contributed by atoms with Crippen LogP contribution in [0.3, 0.4) is 0 Å². The van der Waals surface area contributed by atoms with Gasteiger partial charge in [0.2, 0.25) is 0 Å². The Morgan fingerprint density at radius 1 is 1.42 bits per heavy atom. The fourth-order valence-corrected chi connectivity index (χ4v) is 3.77. The van der Waals surface area contributed by atoms with Gasteiger partial charge in [0.1, 0.15) is 4.83 Å². The molecule has 0 saturated carbocycles. The van der Waals surface area contributed by atoms with Gasteiger partial charge in [-0.1, -0.05) is 6.92 Å². The standard InChI is InChI=1S/C14H19N3OS/c1-9-4-6-17(7-5-9)13(18)12-8-11-10(2)15-16(3)14(11)19-12/h8-9H,4-7H2,1-3H3. The number of carbonyl (C=O) groups excluding carboxylic acids is 1. The molecule has 0 spiro atoms. The summed E-state index contributed by atoms with van der Waals surface area (Å²) in [4.78, 5) is 16.4. The van der Waals surface area contributed by atoms with Crippen molar-refractivity contribution in [3.05, 3.63) is 16.6 Å². The third kappa shape index (κ3) is 2.16. The number of hydrogen-bond donors (Lipinski definition) is 0. The Bertz CT molecular complexity index is 585. The normalized spacial score (nSPS) is 17.3. The van der Waals surface area contributed by atoms with Gasteiger partial charge in [-0.3, -0.25) is 9.48 Å². The Kier molecular flexibility index (Phi) is 3.09. The van der Waals surface area contributed by atoms with Gasteiger partial charge in [-0.25, -0.2) is 0 Å². The second-order valence-electron chi connectivity index (χ2n) is 5.51. The van der Waals surface area contributed by atoms with Crippen molar-refractivity contribution in [1.82, 2.24) is 14.7 Å². The average Bonchev–Trinajstić information content (AvgIpc) is 2.93. The van der Waals surface area contributed by atoms with Crippen LogP contribution in [0.15, 0.2) is 6.07 Å². The molecule has 0 unspecified atom stereocenters. The van der Waals surface area contributed by atoms with Crippen molar-refractivity contribution < 1.29 is 4.79 Å². The fraction of sp³-hybridized carbons (Fsp3) is 0.571. The van der Waals surface area contributed by atoms with Gasteiger partial charge in [0.05, 0.1) is 10.6 Å². The summed E-state index contributed by atoms with van der Waals surface area (Å²) in [6, 6.07) is 2.00. The van der Waals surface area contributed by atoms with E-state index in [1.165, 1.54) is 0 Å². The summed E-state index contributed by atoms with van der Waals surface area (Å²) in [6.07, 6.45) is 2.24. The first-order valence-corrected chi connectivity index (χ1v) is 7.60.